The quantitative estimate of drug-likeness (QED) is 0.731. The van der Waals surface area contributed by atoms with Crippen LogP contribution in [-0.4, -0.2) is 23.5 Å². The lowest BCUT2D eigenvalue weighted by molar-refractivity contribution is 0.757. The Bertz CT molecular complexity index is 983. The molecule has 0 fully saturated rings. The minimum atomic E-state index is -0.0766. The second kappa shape index (κ2) is 8.02. The number of nitrogens with zero attached hydrogens (tertiary/aromatic N) is 4. The number of thiazole rings is 1. The van der Waals surface area contributed by atoms with Gasteiger partial charge in [-0.15, -0.1) is 0 Å². The molecule has 6 heteroatoms. The number of aliphatic imine (C=N–C) groups is 1. The van der Waals surface area contributed by atoms with Gasteiger partial charge >= 0.3 is 0 Å². The first-order chi connectivity index (χ1) is 13.3. The van der Waals surface area contributed by atoms with Crippen LogP contribution in [0.4, 0.5) is 5.13 Å². The van der Waals surface area contributed by atoms with Gasteiger partial charge in [0.15, 0.2) is 5.13 Å². The molecule has 1 atom stereocenters. The maximum Gasteiger partial charge on any atom is 0.205 e. The second-order valence-electron chi connectivity index (χ2n) is 6.22. The van der Waals surface area contributed by atoms with Gasteiger partial charge < -0.3 is 5.32 Å². The smallest absolute Gasteiger partial charge is 0.205 e. The fraction of sp³-hybridized carbons (Fsp3) is 0.190. The zero-order valence-electron chi connectivity index (χ0n) is 14.7. The Kier molecular flexibility index (Phi) is 5.13. The molecule has 0 spiro atoms. The SMILES string of the molecule is N#CCC1C=CN=C(NCCc2ccccc2)N1c1nc2ccccc2s1. The van der Waals surface area contributed by atoms with Gasteiger partial charge in [0.1, 0.15) is 0 Å². The number of guanidine groups is 1. The van der Waals surface area contributed by atoms with E-state index in [-0.39, 0.29) is 6.04 Å². The van der Waals surface area contributed by atoms with Crippen molar-refractivity contribution in [2.75, 3.05) is 11.4 Å². The first-order valence-corrected chi connectivity index (χ1v) is 9.71. The van der Waals surface area contributed by atoms with Crippen LogP contribution in [0.15, 0.2) is 71.9 Å². The summed E-state index contributed by atoms with van der Waals surface area (Å²) in [6.45, 7) is 0.761. The molecule has 4 rings (SSSR count). The molecule has 0 bridgehead atoms. The fourth-order valence-electron chi connectivity index (χ4n) is 3.06. The average molecular weight is 373 g/mol. The van der Waals surface area contributed by atoms with Crippen LogP contribution in [0.1, 0.15) is 12.0 Å². The molecule has 134 valence electrons. The van der Waals surface area contributed by atoms with Crippen LogP contribution < -0.4 is 10.2 Å². The van der Waals surface area contributed by atoms with Gasteiger partial charge in [0.05, 0.1) is 28.7 Å². The Hall–Kier alpha value is -3.17. The van der Waals surface area contributed by atoms with Crippen molar-refractivity contribution in [2.24, 2.45) is 4.99 Å². The van der Waals surface area contributed by atoms with E-state index in [4.69, 9.17) is 4.98 Å². The molecule has 2 aromatic carbocycles. The molecule has 2 heterocycles. The van der Waals surface area contributed by atoms with E-state index in [0.29, 0.717) is 6.42 Å². The molecule has 0 aliphatic carbocycles. The fourth-order valence-corrected chi connectivity index (χ4v) is 4.09. The second-order valence-corrected chi connectivity index (χ2v) is 7.23. The molecular formula is C21H19N5S. The lowest BCUT2D eigenvalue weighted by atomic mass is 10.1. The van der Waals surface area contributed by atoms with Crippen molar-refractivity contribution in [3.8, 4) is 6.07 Å². The predicted molar refractivity (Wildman–Crippen MR) is 111 cm³/mol. The molecule has 5 nitrogen and oxygen atoms in total. The number of fused-ring (bicyclic) bond motifs is 1. The summed E-state index contributed by atoms with van der Waals surface area (Å²) in [5, 5.41) is 13.5. The summed E-state index contributed by atoms with van der Waals surface area (Å²) in [5.74, 6) is 0.743. The van der Waals surface area contributed by atoms with Gasteiger partial charge in [-0.3, -0.25) is 4.90 Å². The highest BCUT2D eigenvalue weighted by Gasteiger charge is 2.27. The van der Waals surface area contributed by atoms with Crippen molar-refractivity contribution in [1.82, 2.24) is 10.3 Å². The maximum absolute atomic E-state index is 9.25. The summed E-state index contributed by atoms with van der Waals surface area (Å²) in [6, 6.07) is 20.6. The molecule has 3 aromatic rings. The van der Waals surface area contributed by atoms with Gasteiger partial charge in [-0.05, 0) is 30.2 Å². The van der Waals surface area contributed by atoms with E-state index in [1.54, 1.807) is 17.5 Å². The molecule has 1 aliphatic heterocycles. The molecule has 1 N–H and O–H groups in total. The topological polar surface area (TPSA) is 64.3 Å². The molecule has 1 aliphatic rings. The van der Waals surface area contributed by atoms with E-state index < -0.39 is 0 Å². The summed E-state index contributed by atoms with van der Waals surface area (Å²) in [5.41, 5.74) is 2.24. The van der Waals surface area contributed by atoms with Crippen molar-refractivity contribution in [3.05, 3.63) is 72.4 Å². The lowest BCUT2D eigenvalue weighted by Gasteiger charge is -2.31. The highest BCUT2D eigenvalue weighted by molar-refractivity contribution is 7.22. The van der Waals surface area contributed by atoms with E-state index >= 15 is 0 Å². The lowest BCUT2D eigenvalue weighted by Crippen LogP contribution is -2.48. The summed E-state index contributed by atoms with van der Waals surface area (Å²) in [6.07, 6.45) is 5.01. The van der Waals surface area contributed by atoms with Crippen LogP contribution in [0.3, 0.4) is 0 Å². The first-order valence-electron chi connectivity index (χ1n) is 8.89. The third kappa shape index (κ3) is 3.83. The zero-order chi connectivity index (χ0) is 18.5. The summed E-state index contributed by atoms with van der Waals surface area (Å²) >= 11 is 1.62. The van der Waals surface area contributed by atoms with Crippen molar-refractivity contribution in [3.63, 3.8) is 0 Å². The number of anilines is 1. The minimum absolute atomic E-state index is 0.0766. The zero-order valence-corrected chi connectivity index (χ0v) is 15.6. The van der Waals surface area contributed by atoms with E-state index in [9.17, 15) is 5.26 Å². The number of nitriles is 1. The molecule has 1 aromatic heterocycles. The Morgan fingerprint density at radius 2 is 1.93 bits per heavy atom. The number of rotatable bonds is 5. The number of para-hydroxylation sites is 1. The normalized spacial score (nSPS) is 16.2. The third-order valence-corrected chi connectivity index (χ3v) is 5.43. The van der Waals surface area contributed by atoms with Crippen molar-refractivity contribution in [1.29, 1.82) is 5.26 Å². The van der Waals surface area contributed by atoms with Gasteiger partial charge in [0.2, 0.25) is 5.96 Å². The Morgan fingerprint density at radius 1 is 1.11 bits per heavy atom. The highest BCUT2D eigenvalue weighted by Crippen LogP contribution is 2.31. The van der Waals surface area contributed by atoms with E-state index in [0.717, 1.165) is 34.3 Å². The Balaban J connectivity index is 1.57. The van der Waals surface area contributed by atoms with E-state index in [1.165, 1.54) is 5.56 Å². The molecule has 0 saturated carbocycles. The molecule has 0 radical (unpaired) electrons. The number of benzene rings is 2. The van der Waals surface area contributed by atoms with Crippen LogP contribution >= 0.6 is 11.3 Å². The van der Waals surface area contributed by atoms with Crippen LogP contribution in [0.2, 0.25) is 0 Å². The highest BCUT2D eigenvalue weighted by atomic mass is 32.1. The third-order valence-electron chi connectivity index (χ3n) is 4.39. The van der Waals surface area contributed by atoms with E-state index in [2.05, 4.69) is 34.6 Å². The molecule has 1 unspecified atom stereocenters. The van der Waals surface area contributed by atoms with Gasteiger partial charge in [0, 0.05) is 12.7 Å². The molecule has 27 heavy (non-hydrogen) atoms. The first kappa shape index (κ1) is 17.3. The van der Waals surface area contributed by atoms with Crippen LogP contribution in [0, 0.1) is 11.3 Å². The minimum Gasteiger partial charge on any atom is -0.355 e. The number of hydrogen-bond donors (Lipinski definition) is 1. The molecule has 0 saturated heterocycles. The van der Waals surface area contributed by atoms with Gasteiger partial charge in [-0.2, -0.15) is 5.26 Å². The summed E-state index contributed by atoms with van der Waals surface area (Å²) < 4.78 is 1.13. The van der Waals surface area contributed by atoms with Crippen LogP contribution in [0.25, 0.3) is 10.2 Å². The largest absolute Gasteiger partial charge is 0.355 e. The number of aromatic nitrogens is 1. The van der Waals surface area contributed by atoms with Gasteiger partial charge in [0.25, 0.3) is 0 Å². The average Bonchev–Trinajstić information content (AvgIpc) is 3.13. The van der Waals surface area contributed by atoms with Gasteiger partial charge in [-0.25, -0.2) is 9.98 Å². The van der Waals surface area contributed by atoms with Gasteiger partial charge in [-0.1, -0.05) is 53.8 Å². The van der Waals surface area contributed by atoms with Crippen molar-refractivity contribution < 1.29 is 0 Å². The number of hydrogen-bond acceptors (Lipinski definition) is 6. The van der Waals surface area contributed by atoms with Crippen LogP contribution in [-0.2, 0) is 6.42 Å². The van der Waals surface area contributed by atoms with E-state index in [1.807, 2.05) is 47.4 Å². The molecular weight excluding hydrogens is 354 g/mol. The standard InChI is InChI=1S/C21H19N5S/c22-13-10-17-12-15-24-20(23-14-11-16-6-2-1-3-7-16)26(17)21-25-18-8-4-5-9-19(18)27-21/h1-9,12,15,17H,10-11,14H2,(H,23,24). The molecule has 0 amide bonds. The van der Waals surface area contributed by atoms with Crippen molar-refractivity contribution >= 4 is 32.6 Å². The number of nitrogens with one attached hydrogen (secondary N) is 1. The Morgan fingerprint density at radius 3 is 2.74 bits per heavy atom. The Labute approximate surface area is 162 Å². The monoisotopic (exact) mass is 373 g/mol. The van der Waals surface area contributed by atoms with Crippen molar-refractivity contribution in [2.45, 2.75) is 18.9 Å². The maximum atomic E-state index is 9.25. The summed E-state index contributed by atoms with van der Waals surface area (Å²) in [7, 11) is 0. The van der Waals surface area contributed by atoms with Crippen LogP contribution in [0.5, 0.6) is 0 Å². The predicted octanol–water partition coefficient (Wildman–Crippen LogP) is 4.10. The summed E-state index contributed by atoms with van der Waals surface area (Å²) in [4.78, 5) is 11.3.